The summed E-state index contributed by atoms with van der Waals surface area (Å²) in [6.45, 7) is 7.05. The summed E-state index contributed by atoms with van der Waals surface area (Å²) >= 11 is 1.58. The van der Waals surface area contributed by atoms with Crippen molar-refractivity contribution in [3.8, 4) is 0 Å². The van der Waals surface area contributed by atoms with Gasteiger partial charge in [0.15, 0.2) is 0 Å². The van der Waals surface area contributed by atoms with Crippen LogP contribution in [0.4, 0.5) is 4.39 Å². The molecule has 4 nitrogen and oxygen atoms in total. The van der Waals surface area contributed by atoms with Crippen molar-refractivity contribution in [3.63, 3.8) is 0 Å². The second-order valence-electron chi connectivity index (χ2n) is 7.33. The molecule has 0 radical (unpaired) electrons. The molecule has 0 N–H and O–H groups in total. The molecule has 0 saturated heterocycles. The Bertz CT molecular complexity index is 790. The van der Waals surface area contributed by atoms with Crippen LogP contribution < -0.4 is 0 Å². The summed E-state index contributed by atoms with van der Waals surface area (Å²) in [5.74, 6) is -0.450. The molecule has 1 heterocycles. The lowest BCUT2D eigenvalue weighted by Crippen LogP contribution is -2.42. The third-order valence-electron chi connectivity index (χ3n) is 4.84. The third kappa shape index (κ3) is 8.11. The minimum absolute atomic E-state index is 0.0165. The molecular weight excluding hydrogens is 399 g/mol. The predicted octanol–water partition coefficient (Wildman–Crippen LogP) is 5.40. The summed E-state index contributed by atoms with van der Waals surface area (Å²) in [7, 11) is 0. The zero-order valence-electron chi connectivity index (χ0n) is 17.7. The molecule has 2 rings (SSSR count). The van der Waals surface area contributed by atoms with Gasteiger partial charge >= 0.3 is 0 Å². The Kier molecular flexibility index (Phi) is 10.3. The average Bonchev–Trinajstić information content (AvgIpc) is 3.25. The molecule has 2 amide bonds. The largest absolute Gasteiger partial charge is 0.332 e. The van der Waals surface area contributed by atoms with E-state index in [1.165, 1.54) is 12.1 Å². The molecule has 30 heavy (non-hydrogen) atoms. The first-order valence-corrected chi connectivity index (χ1v) is 11.3. The van der Waals surface area contributed by atoms with Gasteiger partial charge in [-0.05, 0) is 35.6 Å². The number of hydrogen-bond acceptors (Lipinski definition) is 3. The van der Waals surface area contributed by atoms with Gasteiger partial charge in [-0.25, -0.2) is 4.39 Å². The number of thiophene rings is 1. The highest BCUT2D eigenvalue weighted by molar-refractivity contribution is 7.09. The molecule has 0 atom stereocenters. The summed E-state index contributed by atoms with van der Waals surface area (Å²) < 4.78 is 13.3. The summed E-state index contributed by atoms with van der Waals surface area (Å²) in [4.78, 5) is 30.1. The van der Waals surface area contributed by atoms with E-state index in [4.69, 9.17) is 0 Å². The number of amides is 2. The van der Waals surface area contributed by atoms with Gasteiger partial charge in [-0.2, -0.15) is 0 Å². The minimum atomic E-state index is -0.305. The monoisotopic (exact) mass is 430 g/mol. The van der Waals surface area contributed by atoms with Gasteiger partial charge in [0, 0.05) is 24.4 Å². The van der Waals surface area contributed by atoms with Crippen LogP contribution in [0.15, 0.2) is 54.4 Å². The molecule has 0 aliphatic heterocycles. The summed E-state index contributed by atoms with van der Waals surface area (Å²) in [5, 5.41) is 1.97. The van der Waals surface area contributed by atoms with Crippen molar-refractivity contribution in [3.05, 3.63) is 70.7 Å². The Hall–Kier alpha value is -2.47. The van der Waals surface area contributed by atoms with Crippen LogP contribution >= 0.6 is 11.3 Å². The van der Waals surface area contributed by atoms with Gasteiger partial charge in [0.1, 0.15) is 12.4 Å². The van der Waals surface area contributed by atoms with E-state index in [0.29, 0.717) is 26.1 Å². The minimum Gasteiger partial charge on any atom is -0.332 e. The summed E-state index contributed by atoms with van der Waals surface area (Å²) in [5.41, 5.74) is 0.850. The fraction of sp³-hybridized carbons (Fsp3) is 0.417. The Balaban J connectivity index is 2.06. The fourth-order valence-electron chi connectivity index (χ4n) is 3.17. The van der Waals surface area contributed by atoms with Crippen molar-refractivity contribution >= 4 is 23.2 Å². The Morgan fingerprint density at radius 2 is 1.80 bits per heavy atom. The highest BCUT2D eigenvalue weighted by atomic mass is 32.1. The Morgan fingerprint density at radius 3 is 2.43 bits per heavy atom. The van der Waals surface area contributed by atoms with Crippen molar-refractivity contribution < 1.29 is 14.0 Å². The second-order valence-corrected chi connectivity index (χ2v) is 8.36. The number of halogens is 1. The van der Waals surface area contributed by atoms with Crippen LogP contribution in [0.2, 0.25) is 0 Å². The SMILES string of the molecule is C=CCN(CC(=O)N(Cc1ccc(F)cc1)Cc1cccs1)C(=O)CCCCCC. The molecule has 0 saturated carbocycles. The standard InChI is InChI=1S/C24H31FN2O2S/c1-3-5-6-7-10-23(28)26(15-4-2)19-24(29)27(18-22-9-8-16-30-22)17-20-11-13-21(25)14-12-20/h4,8-9,11-14,16H,2-3,5-7,10,15,17-19H2,1H3. The van der Waals surface area contributed by atoms with Crippen LogP contribution in [-0.4, -0.2) is 34.7 Å². The van der Waals surface area contributed by atoms with Crippen LogP contribution in [0, 0.1) is 5.82 Å². The molecule has 0 bridgehead atoms. The van der Waals surface area contributed by atoms with Crippen molar-refractivity contribution in [2.75, 3.05) is 13.1 Å². The Morgan fingerprint density at radius 1 is 1.03 bits per heavy atom. The second kappa shape index (κ2) is 13.0. The van der Waals surface area contributed by atoms with E-state index in [0.717, 1.165) is 36.1 Å². The van der Waals surface area contributed by atoms with Gasteiger partial charge in [-0.1, -0.05) is 50.5 Å². The highest BCUT2D eigenvalue weighted by Gasteiger charge is 2.21. The molecule has 6 heteroatoms. The number of unbranched alkanes of at least 4 members (excludes halogenated alkanes) is 3. The molecule has 0 fully saturated rings. The number of carbonyl (C=O) groups excluding carboxylic acids is 2. The summed E-state index contributed by atoms with van der Waals surface area (Å²) in [6.07, 6.45) is 6.19. The van der Waals surface area contributed by atoms with Crippen LogP contribution in [0.25, 0.3) is 0 Å². The Labute approximate surface area is 183 Å². The average molecular weight is 431 g/mol. The zero-order valence-corrected chi connectivity index (χ0v) is 18.5. The van der Waals surface area contributed by atoms with Crippen molar-refractivity contribution in [2.24, 2.45) is 0 Å². The van der Waals surface area contributed by atoms with E-state index in [9.17, 15) is 14.0 Å². The maximum atomic E-state index is 13.3. The maximum absolute atomic E-state index is 13.3. The smallest absolute Gasteiger partial charge is 0.242 e. The first-order valence-electron chi connectivity index (χ1n) is 10.5. The molecule has 0 spiro atoms. The van der Waals surface area contributed by atoms with Crippen molar-refractivity contribution in [2.45, 2.75) is 52.1 Å². The lowest BCUT2D eigenvalue weighted by Gasteiger charge is -2.27. The molecule has 1 aromatic heterocycles. The first kappa shape index (κ1) is 23.8. The van der Waals surface area contributed by atoms with E-state index in [1.54, 1.807) is 39.3 Å². The van der Waals surface area contributed by atoms with Gasteiger partial charge in [0.25, 0.3) is 0 Å². The van der Waals surface area contributed by atoms with Crippen LogP contribution in [0.3, 0.4) is 0 Å². The van der Waals surface area contributed by atoms with Gasteiger partial charge in [0.05, 0.1) is 6.54 Å². The lowest BCUT2D eigenvalue weighted by atomic mass is 10.1. The number of rotatable bonds is 13. The van der Waals surface area contributed by atoms with E-state index in [1.807, 2.05) is 17.5 Å². The zero-order chi connectivity index (χ0) is 21.8. The van der Waals surface area contributed by atoms with Crippen molar-refractivity contribution in [1.29, 1.82) is 0 Å². The first-order chi connectivity index (χ1) is 14.5. The highest BCUT2D eigenvalue weighted by Crippen LogP contribution is 2.16. The topological polar surface area (TPSA) is 40.6 Å². The fourth-order valence-corrected chi connectivity index (χ4v) is 3.89. The van der Waals surface area contributed by atoms with Crippen LogP contribution in [0.1, 0.15) is 49.5 Å². The van der Waals surface area contributed by atoms with Gasteiger partial charge in [0.2, 0.25) is 11.8 Å². The van der Waals surface area contributed by atoms with E-state index < -0.39 is 0 Å². The van der Waals surface area contributed by atoms with Gasteiger partial charge in [-0.3, -0.25) is 9.59 Å². The van der Waals surface area contributed by atoms with Crippen molar-refractivity contribution in [1.82, 2.24) is 9.80 Å². The predicted molar refractivity (Wildman–Crippen MR) is 121 cm³/mol. The summed E-state index contributed by atoms with van der Waals surface area (Å²) in [6, 6.07) is 10.1. The lowest BCUT2D eigenvalue weighted by molar-refractivity contribution is -0.140. The van der Waals surface area contributed by atoms with Crippen LogP contribution in [0.5, 0.6) is 0 Å². The van der Waals surface area contributed by atoms with Crippen LogP contribution in [-0.2, 0) is 22.7 Å². The van der Waals surface area contributed by atoms with Gasteiger partial charge < -0.3 is 9.80 Å². The number of benzene rings is 1. The molecule has 0 unspecified atom stereocenters. The molecule has 162 valence electrons. The van der Waals surface area contributed by atoms with E-state index in [-0.39, 0.29) is 24.2 Å². The molecule has 1 aromatic carbocycles. The van der Waals surface area contributed by atoms with E-state index in [2.05, 4.69) is 13.5 Å². The third-order valence-corrected chi connectivity index (χ3v) is 5.70. The molecule has 2 aromatic rings. The molecule has 0 aliphatic rings. The molecular formula is C24H31FN2O2S. The quantitative estimate of drug-likeness (QED) is 0.315. The number of nitrogens with zero attached hydrogens (tertiary/aromatic N) is 2. The number of carbonyl (C=O) groups is 2. The van der Waals surface area contributed by atoms with E-state index >= 15 is 0 Å². The normalized spacial score (nSPS) is 10.6. The molecule has 0 aliphatic carbocycles. The van der Waals surface area contributed by atoms with Gasteiger partial charge in [-0.15, -0.1) is 17.9 Å². The number of hydrogen-bond donors (Lipinski definition) is 0. The maximum Gasteiger partial charge on any atom is 0.242 e.